The summed E-state index contributed by atoms with van der Waals surface area (Å²) in [5.74, 6) is -3.48. The lowest BCUT2D eigenvalue weighted by atomic mass is 10.1. The molecule has 2 aromatic heterocycles. The molecule has 0 aliphatic carbocycles. The molecule has 0 amide bonds. The number of alkyl halides is 5. The number of aromatic nitrogens is 3. The van der Waals surface area contributed by atoms with Crippen LogP contribution in [0.4, 0.5) is 32.0 Å². The van der Waals surface area contributed by atoms with E-state index < -0.39 is 36.6 Å². The second-order valence-corrected chi connectivity index (χ2v) is 6.05. The van der Waals surface area contributed by atoms with Crippen molar-refractivity contribution in [2.24, 2.45) is 0 Å². The van der Waals surface area contributed by atoms with Crippen LogP contribution in [0.3, 0.4) is 0 Å². The second-order valence-electron chi connectivity index (χ2n) is 6.05. The van der Waals surface area contributed by atoms with Crippen molar-refractivity contribution in [1.29, 1.82) is 0 Å². The maximum Gasteiger partial charge on any atom is 0.419 e. The van der Waals surface area contributed by atoms with Crippen molar-refractivity contribution in [2.45, 2.75) is 12.1 Å². The van der Waals surface area contributed by atoms with Gasteiger partial charge in [0.05, 0.1) is 24.3 Å². The number of imidazole rings is 1. The van der Waals surface area contributed by atoms with E-state index >= 15 is 0 Å². The Morgan fingerprint density at radius 1 is 1.08 bits per heavy atom. The van der Waals surface area contributed by atoms with Crippen LogP contribution in [-0.4, -0.2) is 33.4 Å². The van der Waals surface area contributed by atoms with E-state index in [0.29, 0.717) is 11.9 Å². The van der Waals surface area contributed by atoms with E-state index in [1.807, 2.05) is 0 Å². The Labute approximate surface area is 142 Å². The van der Waals surface area contributed by atoms with Gasteiger partial charge in [-0.1, -0.05) is 0 Å². The number of fused-ring (bicyclic) bond motifs is 1. The molecule has 1 aliphatic heterocycles. The molecule has 10 heteroatoms. The van der Waals surface area contributed by atoms with Gasteiger partial charge in [0.25, 0.3) is 5.92 Å². The molecule has 0 saturated carbocycles. The van der Waals surface area contributed by atoms with Crippen molar-refractivity contribution in [3.63, 3.8) is 0 Å². The summed E-state index contributed by atoms with van der Waals surface area (Å²) in [5.41, 5.74) is -0.528. The van der Waals surface area contributed by atoms with E-state index in [0.717, 1.165) is 16.7 Å². The third-order valence-corrected chi connectivity index (χ3v) is 4.07. The van der Waals surface area contributed by atoms with E-state index in [9.17, 15) is 26.3 Å². The van der Waals surface area contributed by atoms with Crippen molar-refractivity contribution in [3.05, 3.63) is 48.2 Å². The fraction of sp³-hybridized carbons (Fsp3) is 0.250. The Hall–Kier alpha value is -2.78. The van der Waals surface area contributed by atoms with Gasteiger partial charge in [-0.2, -0.15) is 13.2 Å². The molecule has 0 atom stereocenters. The Kier molecular flexibility index (Phi) is 3.44. The second kappa shape index (κ2) is 5.36. The van der Waals surface area contributed by atoms with Crippen LogP contribution in [-0.2, 0) is 6.18 Å². The number of nitrogens with zero attached hydrogens (tertiary/aromatic N) is 4. The van der Waals surface area contributed by atoms with Crippen LogP contribution >= 0.6 is 0 Å². The van der Waals surface area contributed by atoms with Gasteiger partial charge >= 0.3 is 6.18 Å². The monoisotopic (exact) mass is 372 g/mol. The maximum absolute atomic E-state index is 14.2. The minimum absolute atomic E-state index is 0.00299. The van der Waals surface area contributed by atoms with Gasteiger partial charge in [-0.15, -0.1) is 0 Å². The first-order valence-corrected chi connectivity index (χ1v) is 7.47. The van der Waals surface area contributed by atoms with Gasteiger partial charge in [-0.25, -0.2) is 23.1 Å². The van der Waals surface area contributed by atoms with Crippen molar-refractivity contribution < 1.29 is 26.3 Å². The van der Waals surface area contributed by atoms with Crippen molar-refractivity contribution in [1.82, 2.24) is 14.4 Å². The van der Waals surface area contributed by atoms with Crippen LogP contribution in [0, 0.1) is 5.82 Å². The Morgan fingerprint density at radius 3 is 2.46 bits per heavy atom. The molecule has 1 aliphatic rings. The number of anilines is 1. The maximum atomic E-state index is 14.2. The molecule has 0 bridgehead atoms. The molecule has 1 saturated heterocycles. The lowest BCUT2D eigenvalue weighted by molar-refractivity contribution is -0.138. The van der Waals surface area contributed by atoms with Gasteiger partial charge in [0.1, 0.15) is 5.82 Å². The van der Waals surface area contributed by atoms with Gasteiger partial charge in [0.15, 0.2) is 0 Å². The van der Waals surface area contributed by atoms with Crippen molar-refractivity contribution >= 4 is 11.5 Å². The fourth-order valence-corrected chi connectivity index (χ4v) is 2.76. The number of halogens is 6. The van der Waals surface area contributed by atoms with Gasteiger partial charge in [0.2, 0.25) is 5.78 Å². The van der Waals surface area contributed by atoms with Gasteiger partial charge in [-0.3, -0.25) is 4.40 Å². The molecule has 3 aromatic rings. The first-order valence-electron chi connectivity index (χ1n) is 7.47. The van der Waals surface area contributed by atoms with Crippen LogP contribution in [0.5, 0.6) is 0 Å². The Morgan fingerprint density at radius 2 is 1.81 bits per heavy atom. The summed E-state index contributed by atoms with van der Waals surface area (Å²) in [4.78, 5) is 9.02. The first-order chi connectivity index (χ1) is 12.1. The van der Waals surface area contributed by atoms with Crippen molar-refractivity contribution in [2.75, 3.05) is 18.0 Å². The molecule has 4 nitrogen and oxygen atoms in total. The number of benzene rings is 1. The van der Waals surface area contributed by atoms with Crippen molar-refractivity contribution in [3.8, 4) is 11.3 Å². The van der Waals surface area contributed by atoms with Gasteiger partial charge in [0, 0.05) is 29.8 Å². The highest BCUT2D eigenvalue weighted by atomic mass is 19.4. The van der Waals surface area contributed by atoms with Gasteiger partial charge < -0.3 is 4.90 Å². The molecule has 0 radical (unpaired) electrons. The molecular formula is C16H10F6N4. The average Bonchev–Trinajstić information content (AvgIpc) is 2.95. The Balaban J connectivity index is 1.73. The molecule has 3 heterocycles. The molecule has 26 heavy (non-hydrogen) atoms. The van der Waals surface area contributed by atoms with Crippen LogP contribution < -0.4 is 4.90 Å². The average molecular weight is 372 g/mol. The number of hydrogen-bond acceptors (Lipinski definition) is 3. The van der Waals surface area contributed by atoms with E-state index in [2.05, 4.69) is 9.97 Å². The summed E-state index contributed by atoms with van der Waals surface area (Å²) >= 11 is 0. The minimum atomic E-state index is -4.57. The standard InChI is InChI=1S/C16H10F6N4/c17-12-2-1-10(26-7-15(18,19)8-26)3-11(12)13-6-25-5-9(16(20,21)22)4-23-14(25)24-13/h1-6H,7-8H2. The molecule has 0 unspecified atom stereocenters. The van der Waals surface area contributed by atoms with E-state index in [4.69, 9.17) is 0 Å². The SMILES string of the molecule is Fc1ccc(N2CC(F)(F)C2)cc1-c1cn2cc(C(F)(F)F)cnc2n1. The summed E-state index contributed by atoms with van der Waals surface area (Å²) in [7, 11) is 0. The zero-order valence-electron chi connectivity index (χ0n) is 12.9. The van der Waals surface area contributed by atoms with E-state index in [1.54, 1.807) is 0 Å². The lowest BCUT2D eigenvalue weighted by Crippen LogP contribution is -2.56. The minimum Gasteiger partial charge on any atom is -0.359 e. The predicted molar refractivity (Wildman–Crippen MR) is 80.5 cm³/mol. The Bertz CT molecular complexity index is 986. The summed E-state index contributed by atoms with van der Waals surface area (Å²) in [6.45, 7) is -0.945. The van der Waals surface area contributed by atoms with Gasteiger partial charge in [-0.05, 0) is 18.2 Å². The largest absolute Gasteiger partial charge is 0.419 e. The van der Waals surface area contributed by atoms with Crippen LogP contribution in [0.1, 0.15) is 5.56 Å². The van der Waals surface area contributed by atoms with Crippen LogP contribution in [0.25, 0.3) is 17.0 Å². The number of rotatable bonds is 2. The highest BCUT2D eigenvalue weighted by Gasteiger charge is 2.44. The fourth-order valence-electron chi connectivity index (χ4n) is 2.76. The summed E-state index contributed by atoms with van der Waals surface area (Å²) in [6.07, 6.45) is -1.92. The first kappa shape index (κ1) is 16.7. The summed E-state index contributed by atoms with van der Waals surface area (Å²) in [6, 6.07) is 3.82. The molecule has 1 fully saturated rings. The molecule has 1 aromatic carbocycles. The molecule has 136 valence electrons. The van der Waals surface area contributed by atoms with E-state index in [-0.39, 0.29) is 17.0 Å². The van der Waals surface area contributed by atoms with E-state index in [1.165, 1.54) is 23.2 Å². The highest BCUT2D eigenvalue weighted by Crippen LogP contribution is 2.35. The molecule has 0 spiro atoms. The summed E-state index contributed by atoms with van der Waals surface area (Å²) in [5, 5.41) is 0. The summed E-state index contributed by atoms with van der Waals surface area (Å²) < 4.78 is 79.5. The lowest BCUT2D eigenvalue weighted by Gasteiger charge is -2.40. The normalized spacial score (nSPS) is 16.8. The zero-order chi connectivity index (χ0) is 18.7. The van der Waals surface area contributed by atoms with Crippen LogP contribution in [0.15, 0.2) is 36.8 Å². The van der Waals surface area contributed by atoms with Crippen LogP contribution in [0.2, 0.25) is 0 Å². The quantitative estimate of drug-likeness (QED) is 0.638. The zero-order valence-corrected chi connectivity index (χ0v) is 12.9. The predicted octanol–water partition coefficient (Wildman–Crippen LogP) is 4.01. The smallest absolute Gasteiger partial charge is 0.359 e. The third kappa shape index (κ3) is 2.85. The highest BCUT2D eigenvalue weighted by molar-refractivity contribution is 5.68. The number of hydrogen-bond donors (Lipinski definition) is 0. The third-order valence-electron chi connectivity index (χ3n) is 4.07. The topological polar surface area (TPSA) is 33.4 Å². The molecule has 0 N–H and O–H groups in total. The molecule has 4 rings (SSSR count). The molecular weight excluding hydrogens is 362 g/mol.